The van der Waals surface area contributed by atoms with Crippen LogP contribution in [0.1, 0.15) is 34.6 Å². The average Bonchev–Trinajstić information content (AvgIpc) is 2.65. The molecule has 0 aromatic heterocycles. The topological polar surface area (TPSA) is 76.2 Å². The van der Waals surface area contributed by atoms with E-state index >= 15 is 0 Å². The van der Waals surface area contributed by atoms with Gasteiger partial charge in [-0.15, -0.1) is 0 Å². The van der Waals surface area contributed by atoms with Gasteiger partial charge in [0.05, 0.1) is 6.54 Å². The third-order valence-corrected chi connectivity index (χ3v) is 2.73. The van der Waals surface area contributed by atoms with E-state index in [9.17, 15) is 14.4 Å². The molecule has 2 amide bonds. The van der Waals surface area contributed by atoms with Crippen molar-refractivity contribution in [3.63, 3.8) is 0 Å². The van der Waals surface area contributed by atoms with Crippen LogP contribution < -0.4 is 0 Å². The van der Waals surface area contributed by atoms with Crippen molar-refractivity contribution >= 4 is 18.2 Å². The molecule has 0 aromatic carbocycles. The smallest absolute Gasteiger partial charge is 0.418 e. The van der Waals surface area contributed by atoms with Crippen molar-refractivity contribution < 1.29 is 23.9 Å². The van der Waals surface area contributed by atoms with Crippen LogP contribution in [0.5, 0.6) is 0 Å². The SMILES string of the molecule is CC.CC(C)(C)OC(=O)N1CCN2C(=O)OC(=O)[C@H]2C1. The van der Waals surface area contributed by atoms with Crippen molar-refractivity contribution in [1.29, 1.82) is 0 Å². The molecular formula is C13H22N2O5. The fraction of sp³-hybridized carbons (Fsp3) is 0.769. The molecule has 2 heterocycles. The van der Waals surface area contributed by atoms with Gasteiger partial charge >= 0.3 is 18.2 Å². The van der Waals surface area contributed by atoms with E-state index in [1.165, 1.54) is 9.80 Å². The highest BCUT2D eigenvalue weighted by Gasteiger charge is 2.45. The fourth-order valence-corrected chi connectivity index (χ4v) is 1.91. The number of nitrogens with zero attached hydrogens (tertiary/aromatic N) is 2. The van der Waals surface area contributed by atoms with Crippen LogP contribution in [-0.2, 0) is 14.3 Å². The second kappa shape index (κ2) is 6.11. The molecule has 7 heteroatoms. The maximum absolute atomic E-state index is 11.8. The Morgan fingerprint density at radius 2 is 1.85 bits per heavy atom. The van der Waals surface area contributed by atoms with Crippen LogP contribution in [0.3, 0.4) is 0 Å². The summed E-state index contributed by atoms with van der Waals surface area (Å²) >= 11 is 0. The van der Waals surface area contributed by atoms with Gasteiger partial charge in [0.15, 0.2) is 6.04 Å². The number of fused-ring (bicyclic) bond motifs is 1. The maximum Gasteiger partial charge on any atom is 0.418 e. The van der Waals surface area contributed by atoms with E-state index in [2.05, 4.69) is 4.74 Å². The molecule has 20 heavy (non-hydrogen) atoms. The Hall–Kier alpha value is -1.79. The van der Waals surface area contributed by atoms with Crippen molar-refractivity contribution in [2.75, 3.05) is 19.6 Å². The standard InChI is InChI=1S/C11H16N2O5.C2H6/c1-11(2,3)18-9(15)12-4-5-13-7(6-12)8(14)17-10(13)16;1-2/h7H,4-6H2,1-3H3;1-2H3/t7-;/m1./s1. The molecule has 0 spiro atoms. The molecule has 0 unspecified atom stereocenters. The van der Waals surface area contributed by atoms with Crippen LogP contribution in [0.4, 0.5) is 9.59 Å². The zero-order valence-corrected chi connectivity index (χ0v) is 12.6. The molecule has 0 saturated carbocycles. The Balaban J connectivity index is 0.000000956. The third kappa shape index (κ3) is 3.61. The quantitative estimate of drug-likeness (QED) is 0.499. The zero-order valence-electron chi connectivity index (χ0n) is 12.6. The number of ether oxygens (including phenoxy) is 2. The van der Waals surface area contributed by atoms with Gasteiger partial charge in [-0.25, -0.2) is 14.4 Å². The lowest BCUT2D eigenvalue weighted by Crippen LogP contribution is -2.55. The molecule has 114 valence electrons. The average molecular weight is 286 g/mol. The van der Waals surface area contributed by atoms with Gasteiger partial charge in [0.1, 0.15) is 5.60 Å². The maximum atomic E-state index is 11.8. The number of rotatable bonds is 0. The lowest BCUT2D eigenvalue weighted by molar-refractivity contribution is -0.136. The highest BCUT2D eigenvalue weighted by molar-refractivity contribution is 5.96. The summed E-state index contributed by atoms with van der Waals surface area (Å²) in [5.41, 5.74) is -0.583. The van der Waals surface area contributed by atoms with Crippen molar-refractivity contribution in [2.24, 2.45) is 0 Å². The van der Waals surface area contributed by atoms with E-state index in [1.807, 2.05) is 13.8 Å². The highest BCUT2D eigenvalue weighted by atomic mass is 16.6. The highest BCUT2D eigenvalue weighted by Crippen LogP contribution is 2.20. The molecule has 0 aliphatic carbocycles. The van der Waals surface area contributed by atoms with E-state index in [-0.39, 0.29) is 13.1 Å². The van der Waals surface area contributed by atoms with Crippen LogP contribution in [0.15, 0.2) is 0 Å². The van der Waals surface area contributed by atoms with Gasteiger partial charge in [-0.05, 0) is 20.8 Å². The summed E-state index contributed by atoms with van der Waals surface area (Å²) in [5, 5.41) is 0. The number of carbonyl (C=O) groups is 3. The summed E-state index contributed by atoms with van der Waals surface area (Å²) in [7, 11) is 0. The van der Waals surface area contributed by atoms with Crippen LogP contribution in [0.2, 0.25) is 0 Å². The first-order chi connectivity index (χ1) is 9.28. The minimum absolute atomic E-state index is 0.124. The molecule has 2 fully saturated rings. The number of amides is 2. The Labute approximate surface area is 118 Å². The molecule has 0 aromatic rings. The molecule has 2 rings (SSSR count). The molecule has 0 bridgehead atoms. The monoisotopic (exact) mass is 286 g/mol. The molecule has 0 N–H and O–H groups in total. The van der Waals surface area contributed by atoms with Gasteiger partial charge in [-0.3, -0.25) is 4.90 Å². The molecule has 0 radical (unpaired) electrons. The number of carbonyl (C=O) groups excluding carboxylic acids is 3. The van der Waals surface area contributed by atoms with Crippen LogP contribution >= 0.6 is 0 Å². The normalized spacial score (nSPS) is 21.8. The fourth-order valence-electron chi connectivity index (χ4n) is 1.91. The van der Waals surface area contributed by atoms with Gasteiger partial charge in [0, 0.05) is 13.1 Å². The Morgan fingerprint density at radius 3 is 2.40 bits per heavy atom. The van der Waals surface area contributed by atoms with E-state index in [1.54, 1.807) is 20.8 Å². The largest absolute Gasteiger partial charge is 0.444 e. The molecule has 1 atom stereocenters. The summed E-state index contributed by atoms with van der Waals surface area (Å²) in [6.07, 6.45) is -1.11. The summed E-state index contributed by atoms with van der Waals surface area (Å²) in [6.45, 7) is 10.1. The van der Waals surface area contributed by atoms with Crippen molar-refractivity contribution in [1.82, 2.24) is 9.80 Å². The predicted molar refractivity (Wildman–Crippen MR) is 71.1 cm³/mol. The van der Waals surface area contributed by atoms with Gasteiger partial charge in [-0.1, -0.05) is 13.8 Å². The van der Waals surface area contributed by atoms with E-state index in [0.717, 1.165) is 0 Å². The number of esters is 1. The van der Waals surface area contributed by atoms with Crippen LogP contribution in [-0.4, -0.2) is 59.2 Å². The van der Waals surface area contributed by atoms with Gasteiger partial charge in [-0.2, -0.15) is 0 Å². The zero-order chi connectivity index (χ0) is 15.5. The summed E-state index contributed by atoms with van der Waals surface area (Å²) in [4.78, 5) is 37.3. The summed E-state index contributed by atoms with van der Waals surface area (Å²) in [5.74, 6) is -0.603. The predicted octanol–water partition coefficient (Wildman–Crippen LogP) is 1.61. The van der Waals surface area contributed by atoms with E-state index in [4.69, 9.17) is 4.74 Å². The first-order valence-corrected chi connectivity index (χ1v) is 6.78. The number of cyclic esters (lactones) is 2. The first kappa shape index (κ1) is 16.3. The Morgan fingerprint density at radius 1 is 1.25 bits per heavy atom. The molecular weight excluding hydrogens is 264 g/mol. The number of piperazine rings is 1. The van der Waals surface area contributed by atoms with Crippen molar-refractivity contribution in [3.05, 3.63) is 0 Å². The minimum atomic E-state index is -0.696. The first-order valence-electron chi connectivity index (χ1n) is 6.78. The number of hydrogen-bond donors (Lipinski definition) is 0. The van der Waals surface area contributed by atoms with Crippen molar-refractivity contribution in [3.8, 4) is 0 Å². The van der Waals surface area contributed by atoms with Crippen LogP contribution in [0, 0.1) is 0 Å². The van der Waals surface area contributed by atoms with Gasteiger partial charge in [0.2, 0.25) is 0 Å². The van der Waals surface area contributed by atoms with E-state index < -0.39 is 29.8 Å². The van der Waals surface area contributed by atoms with Gasteiger partial charge < -0.3 is 14.4 Å². The van der Waals surface area contributed by atoms with E-state index in [0.29, 0.717) is 6.54 Å². The second-order valence-corrected chi connectivity index (χ2v) is 5.32. The second-order valence-electron chi connectivity index (χ2n) is 5.32. The summed E-state index contributed by atoms with van der Waals surface area (Å²) in [6, 6.07) is -0.696. The van der Waals surface area contributed by atoms with Crippen molar-refractivity contribution in [2.45, 2.75) is 46.3 Å². The number of hydrogen-bond acceptors (Lipinski definition) is 5. The molecule has 7 nitrogen and oxygen atoms in total. The molecule has 2 aliphatic rings. The van der Waals surface area contributed by atoms with Crippen LogP contribution in [0.25, 0.3) is 0 Å². The lowest BCUT2D eigenvalue weighted by Gasteiger charge is -2.35. The Bertz CT molecular complexity index is 402. The third-order valence-electron chi connectivity index (χ3n) is 2.73. The summed E-state index contributed by atoms with van der Waals surface area (Å²) < 4.78 is 9.73. The lowest BCUT2D eigenvalue weighted by atomic mass is 10.2. The molecule has 2 saturated heterocycles. The molecule has 2 aliphatic heterocycles. The minimum Gasteiger partial charge on any atom is -0.444 e. The Kier molecular flexibility index (Phi) is 4.97. The van der Waals surface area contributed by atoms with Gasteiger partial charge in [0.25, 0.3) is 0 Å².